The van der Waals surface area contributed by atoms with E-state index in [1.54, 1.807) is 6.07 Å². The topological polar surface area (TPSA) is 59.4 Å². The third kappa shape index (κ3) is 2.43. The van der Waals surface area contributed by atoms with Gasteiger partial charge in [0.1, 0.15) is 0 Å². The largest absolute Gasteiger partial charge is 0.481 e. The van der Waals surface area contributed by atoms with Crippen molar-refractivity contribution >= 4 is 5.97 Å². The van der Waals surface area contributed by atoms with Crippen molar-refractivity contribution in [3.63, 3.8) is 0 Å². The van der Waals surface area contributed by atoms with Gasteiger partial charge in [0, 0.05) is 12.3 Å². The number of hydrogen-bond acceptors (Lipinski definition) is 3. The second-order valence-electron chi connectivity index (χ2n) is 2.72. The molecule has 1 rings (SSSR count). The fourth-order valence-corrected chi connectivity index (χ4v) is 1.02. The Morgan fingerprint density at radius 1 is 1.69 bits per heavy atom. The summed E-state index contributed by atoms with van der Waals surface area (Å²) >= 11 is 0. The lowest BCUT2D eigenvalue weighted by molar-refractivity contribution is -0.136. The Hall–Kier alpha value is -1.58. The van der Waals surface area contributed by atoms with Gasteiger partial charge in [0.25, 0.3) is 0 Å². The molecule has 1 N–H and O–H groups in total. The number of ether oxygens (including phenoxy) is 1. The summed E-state index contributed by atoms with van der Waals surface area (Å²) in [4.78, 5) is 14.3. The number of aromatic nitrogens is 1. The summed E-state index contributed by atoms with van der Waals surface area (Å²) in [7, 11) is 1.53. The molecule has 0 saturated carbocycles. The first-order valence-corrected chi connectivity index (χ1v) is 3.85. The van der Waals surface area contributed by atoms with E-state index >= 15 is 0 Å². The van der Waals surface area contributed by atoms with Gasteiger partial charge in [-0.05, 0) is 18.1 Å². The van der Waals surface area contributed by atoms with Crippen LogP contribution in [0.15, 0.2) is 12.3 Å². The van der Waals surface area contributed by atoms with Crippen LogP contribution in [0.25, 0.3) is 0 Å². The molecule has 0 aliphatic heterocycles. The van der Waals surface area contributed by atoms with Crippen LogP contribution in [0.2, 0.25) is 0 Å². The SMILES string of the molecule is COc1cc(C)c(CC(=O)O)cn1. The number of methoxy groups -OCH3 is 1. The Kier molecular flexibility index (Phi) is 2.84. The highest BCUT2D eigenvalue weighted by Gasteiger charge is 2.05. The van der Waals surface area contributed by atoms with Gasteiger partial charge in [0.2, 0.25) is 5.88 Å². The first-order valence-electron chi connectivity index (χ1n) is 3.85. The molecule has 0 amide bonds. The zero-order valence-corrected chi connectivity index (χ0v) is 7.57. The number of carboxylic acid groups (broad SMARTS) is 1. The summed E-state index contributed by atoms with van der Waals surface area (Å²) in [6.07, 6.45) is 1.53. The Morgan fingerprint density at radius 3 is 2.85 bits per heavy atom. The number of rotatable bonds is 3. The summed E-state index contributed by atoms with van der Waals surface area (Å²) in [5, 5.41) is 8.56. The molecule has 0 aliphatic carbocycles. The molecule has 0 radical (unpaired) electrons. The second-order valence-corrected chi connectivity index (χ2v) is 2.72. The first-order chi connectivity index (χ1) is 6.13. The van der Waals surface area contributed by atoms with Crippen molar-refractivity contribution in [3.05, 3.63) is 23.4 Å². The number of aryl methyl sites for hydroxylation is 1. The number of aliphatic carboxylic acids is 1. The second kappa shape index (κ2) is 3.89. The monoisotopic (exact) mass is 181 g/mol. The third-order valence-electron chi connectivity index (χ3n) is 1.74. The molecule has 70 valence electrons. The molecule has 0 aliphatic rings. The summed E-state index contributed by atoms with van der Waals surface area (Å²) in [6.45, 7) is 1.84. The van der Waals surface area contributed by atoms with E-state index < -0.39 is 5.97 Å². The highest BCUT2D eigenvalue weighted by molar-refractivity contribution is 5.70. The smallest absolute Gasteiger partial charge is 0.307 e. The molecule has 0 fully saturated rings. The minimum absolute atomic E-state index is 0.00281. The van der Waals surface area contributed by atoms with E-state index in [-0.39, 0.29) is 6.42 Å². The Balaban J connectivity index is 2.91. The van der Waals surface area contributed by atoms with Gasteiger partial charge in [-0.25, -0.2) is 4.98 Å². The molecule has 1 aromatic heterocycles. The van der Waals surface area contributed by atoms with Crippen LogP contribution in [0.5, 0.6) is 5.88 Å². The maximum atomic E-state index is 10.4. The van der Waals surface area contributed by atoms with Gasteiger partial charge in [0.05, 0.1) is 13.5 Å². The van der Waals surface area contributed by atoms with Crippen molar-refractivity contribution in [2.75, 3.05) is 7.11 Å². The van der Waals surface area contributed by atoms with Crippen molar-refractivity contribution in [1.29, 1.82) is 0 Å². The lowest BCUT2D eigenvalue weighted by Crippen LogP contribution is -2.03. The average molecular weight is 181 g/mol. The molecule has 13 heavy (non-hydrogen) atoms. The van der Waals surface area contributed by atoms with Crippen LogP contribution < -0.4 is 4.74 Å². The minimum atomic E-state index is -0.852. The zero-order valence-electron chi connectivity index (χ0n) is 7.57. The lowest BCUT2D eigenvalue weighted by Gasteiger charge is -2.04. The van der Waals surface area contributed by atoms with E-state index in [1.165, 1.54) is 13.3 Å². The number of carboxylic acids is 1. The number of carbonyl (C=O) groups is 1. The van der Waals surface area contributed by atoms with Gasteiger partial charge >= 0.3 is 5.97 Å². The zero-order chi connectivity index (χ0) is 9.84. The van der Waals surface area contributed by atoms with Gasteiger partial charge in [-0.15, -0.1) is 0 Å². The quantitative estimate of drug-likeness (QED) is 0.756. The van der Waals surface area contributed by atoms with Gasteiger partial charge in [0.15, 0.2) is 0 Å². The lowest BCUT2D eigenvalue weighted by atomic mass is 10.1. The van der Waals surface area contributed by atoms with Crippen LogP contribution in [-0.2, 0) is 11.2 Å². The third-order valence-corrected chi connectivity index (χ3v) is 1.74. The van der Waals surface area contributed by atoms with Crippen molar-refractivity contribution in [2.45, 2.75) is 13.3 Å². The molecule has 1 aromatic rings. The van der Waals surface area contributed by atoms with E-state index in [1.807, 2.05) is 6.92 Å². The molecule has 0 saturated heterocycles. The van der Waals surface area contributed by atoms with Gasteiger partial charge in [-0.3, -0.25) is 4.79 Å². The normalized spacial score (nSPS) is 9.69. The molecule has 0 spiro atoms. The predicted molar refractivity (Wildman–Crippen MR) is 46.9 cm³/mol. The van der Waals surface area contributed by atoms with Gasteiger partial charge in [-0.2, -0.15) is 0 Å². The molecular weight excluding hydrogens is 170 g/mol. The number of pyridine rings is 1. The molecule has 0 aromatic carbocycles. The molecule has 0 unspecified atom stereocenters. The minimum Gasteiger partial charge on any atom is -0.481 e. The van der Waals surface area contributed by atoms with Crippen molar-refractivity contribution in [1.82, 2.24) is 4.98 Å². The Labute approximate surface area is 76.2 Å². The van der Waals surface area contributed by atoms with Crippen molar-refractivity contribution in [2.24, 2.45) is 0 Å². The van der Waals surface area contributed by atoms with Gasteiger partial charge in [-0.1, -0.05) is 0 Å². The van der Waals surface area contributed by atoms with E-state index in [2.05, 4.69) is 4.98 Å². The first kappa shape index (κ1) is 9.51. The maximum Gasteiger partial charge on any atom is 0.307 e. The average Bonchev–Trinajstić information content (AvgIpc) is 2.08. The van der Waals surface area contributed by atoms with E-state index in [4.69, 9.17) is 9.84 Å². The van der Waals surface area contributed by atoms with Crippen LogP contribution in [0.1, 0.15) is 11.1 Å². The summed E-state index contributed by atoms with van der Waals surface area (Å²) in [5.74, 6) is -0.346. The fraction of sp³-hybridized carbons (Fsp3) is 0.333. The van der Waals surface area contributed by atoms with Crippen LogP contribution in [0, 0.1) is 6.92 Å². The highest BCUT2D eigenvalue weighted by atomic mass is 16.5. The molecule has 1 heterocycles. The Bertz CT molecular complexity index is 323. The van der Waals surface area contributed by atoms with Crippen LogP contribution >= 0.6 is 0 Å². The van der Waals surface area contributed by atoms with E-state index in [0.29, 0.717) is 11.4 Å². The van der Waals surface area contributed by atoms with Gasteiger partial charge < -0.3 is 9.84 Å². The summed E-state index contributed by atoms with van der Waals surface area (Å²) < 4.78 is 4.90. The molecular formula is C9H11NO3. The van der Waals surface area contributed by atoms with Crippen LogP contribution in [0.4, 0.5) is 0 Å². The standard InChI is InChI=1S/C9H11NO3/c1-6-3-8(13-2)10-5-7(6)4-9(11)12/h3,5H,4H2,1-2H3,(H,11,12). The number of nitrogens with zero attached hydrogens (tertiary/aromatic N) is 1. The molecule has 0 atom stereocenters. The molecule has 4 nitrogen and oxygen atoms in total. The van der Waals surface area contributed by atoms with E-state index in [0.717, 1.165) is 5.56 Å². The van der Waals surface area contributed by atoms with Crippen molar-refractivity contribution in [3.8, 4) is 5.88 Å². The van der Waals surface area contributed by atoms with Crippen LogP contribution in [-0.4, -0.2) is 23.2 Å². The van der Waals surface area contributed by atoms with E-state index in [9.17, 15) is 4.79 Å². The number of hydrogen-bond donors (Lipinski definition) is 1. The van der Waals surface area contributed by atoms with Crippen molar-refractivity contribution < 1.29 is 14.6 Å². The Morgan fingerprint density at radius 2 is 2.38 bits per heavy atom. The van der Waals surface area contributed by atoms with Crippen LogP contribution in [0.3, 0.4) is 0 Å². The fourth-order valence-electron chi connectivity index (χ4n) is 1.02. The maximum absolute atomic E-state index is 10.4. The molecule has 0 bridgehead atoms. The summed E-state index contributed by atoms with van der Waals surface area (Å²) in [6, 6.07) is 1.72. The molecule has 4 heteroatoms. The summed E-state index contributed by atoms with van der Waals surface area (Å²) in [5.41, 5.74) is 1.60. The highest BCUT2D eigenvalue weighted by Crippen LogP contribution is 2.13. The predicted octanol–water partition coefficient (Wildman–Crippen LogP) is 1.03.